The Labute approximate surface area is 221 Å². The van der Waals surface area contributed by atoms with Crippen LogP contribution in [0.5, 0.6) is 0 Å². The summed E-state index contributed by atoms with van der Waals surface area (Å²) in [5, 5.41) is 0. The van der Waals surface area contributed by atoms with Gasteiger partial charge in [-0.1, -0.05) is 90.9 Å². The van der Waals surface area contributed by atoms with Crippen LogP contribution in [0.1, 0.15) is 110 Å². The SMILES string of the molecule is CCCCCCCCCCCCCCOCC(COP(=O)([O-])OCC[N+](C)(C)C)OC(=O)CCCC. The molecule has 0 aliphatic rings. The zero-order valence-electron chi connectivity index (χ0n) is 24.0. The third-order valence-corrected chi connectivity index (χ3v) is 6.87. The molecule has 0 aliphatic carbocycles. The van der Waals surface area contributed by atoms with E-state index in [2.05, 4.69) is 6.92 Å². The minimum absolute atomic E-state index is 0.0285. The molecule has 0 saturated carbocycles. The summed E-state index contributed by atoms with van der Waals surface area (Å²) < 4.78 is 33.7. The molecule has 0 rings (SSSR count). The van der Waals surface area contributed by atoms with Gasteiger partial charge in [-0.15, -0.1) is 0 Å². The highest BCUT2D eigenvalue weighted by molar-refractivity contribution is 7.45. The number of hydrogen-bond donors (Lipinski definition) is 0. The van der Waals surface area contributed by atoms with E-state index in [1.54, 1.807) is 0 Å². The number of phosphoric ester groups is 1. The van der Waals surface area contributed by atoms with E-state index in [-0.39, 0.29) is 25.8 Å². The summed E-state index contributed by atoms with van der Waals surface area (Å²) in [6.45, 7) is 5.15. The Bertz CT molecular complexity index is 569. The number of carbonyl (C=O) groups excluding carboxylic acids is 1. The molecule has 0 aliphatic heterocycles. The van der Waals surface area contributed by atoms with Crippen LogP contribution in [0.3, 0.4) is 0 Å². The Kier molecular flexibility index (Phi) is 22.2. The fourth-order valence-corrected chi connectivity index (χ4v) is 4.31. The van der Waals surface area contributed by atoms with Crippen LogP contribution in [-0.2, 0) is 27.9 Å². The maximum absolute atomic E-state index is 12.1. The predicted molar refractivity (Wildman–Crippen MR) is 144 cm³/mol. The molecule has 0 spiro atoms. The van der Waals surface area contributed by atoms with Crippen LogP contribution >= 0.6 is 7.82 Å². The molecule has 0 radical (unpaired) electrons. The summed E-state index contributed by atoms with van der Waals surface area (Å²) in [6.07, 6.45) is 16.4. The molecule has 216 valence electrons. The summed E-state index contributed by atoms with van der Waals surface area (Å²) in [4.78, 5) is 24.1. The van der Waals surface area contributed by atoms with Crippen molar-refractivity contribution in [3.63, 3.8) is 0 Å². The molecule has 0 aromatic rings. The minimum atomic E-state index is -4.48. The summed E-state index contributed by atoms with van der Waals surface area (Å²) in [5.41, 5.74) is 0. The van der Waals surface area contributed by atoms with Gasteiger partial charge < -0.3 is 27.9 Å². The number of rotatable bonds is 26. The van der Waals surface area contributed by atoms with Gasteiger partial charge in [-0.05, 0) is 12.8 Å². The van der Waals surface area contributed by atoms with E-state index in [9.17, 15) is 14.3 Å². The van der Waals surface area contributed by atoms with Crippen molar-refractivity contribution in [2.24, 2.45) is 0 Å². The Morgan fingerprint density at radius 2 is 1.28 bits per heavy atom. The van der Waals surface area contributed by atoms with Crippen LogP contribution in [0.15, 0.2) is 0 Å². The molecular weight excluding hydrogens is 481 g/mol. The van der Waals surface area contributed by atoms with E-state index in [4.69, 9.17) is 18.5 Å². The molecular formula is C27H56NO7P. The topological polar surface area (TPSA) is 94.1 Å². The van der Waals surface area contributed by atoms with Gasteiger partial charge in [-0.2, -0.15) is 0 Å². The molecule has 0 saturated heterocycles. The number of quaternary nitrogens is 1. The molecule has 0 N–H and O–H groups in total. The Balaban J connectivity index is 4.12. The highest BCUT2D eigenvalue weighted by atomic mass is 31.2. The van der Waals surface area contributed by atoms with Crippen LogP contribution in [0.2, 0.25) is 0 Å². The van der Waals surface area contributed by atoms with E-state index in [0.717, 1.165) is 25.7 Å². The van der Waals surface area contributed by atoms with Crippen molar-refractivity contribution >= 4 is 13.8 Å². The number of phosphoric acid groups is 1. The largest absolute Gasteiger partial charge is 0.756 e. The molecule has 0 fully saturated rings. The average molecular weight is 538 g/mol. The predicted octanol–water partition coefficient (Wildman–Crippen LogP) is 6.01. The standard InChI is InChI=1S/C27H56NO7P/c1-6-8-10-11-12-13-14-15-16-17-18-19-22-32-24-26(35-27(29)20-9-7-2)25-34-36(30,31)33-23-21-28(3,4)5/h26H,6-25H2,1-5H3. The smallest absolute Gasteiger partial charge is 0.306 e. The van der Waals surface area contributed by atoms with E-state index in [1.165, 1.54) is 64.2 Å². The first kappa shape index (κ1) is 35.5. The fraction of sp³-hybridized carbons (Fsp3) is 0.963. The van der Waals surface area contributed by atoms with Crippen molar-refractivity contribution in [3.05, 3.63) is 0 Å². The van der Waals surface area contributed by atoms with E-state index in [1.807, 2.05) is 28.1 Å². The number of likely N-dealkylation sites (N-methyl/N-ethyl adjacent to an activating group) is 1. The Morgan fingerprint density at radius 3 is 1.81 bits per heavy atom. The van der Waals surface area contributed by atoms with E-state index < -0.39 is 13.9 Å². The fourth-order valence-electron chi connectivity index (χ4n) is 3.58. The minimum Gasteiger partial charge on any atom is -0.756 e. The quantitative estimate of drug-likeness (QED) is 0.0577. The van der Waals surface area contributed by atoms with E-state index >= 15 is 0 Å². The second kappa shape index (κ2) is 22.5. The first-order valence-electron chi connectivity index (χ1n) is 14.3. The van der Waals surface area contributed by atoms with Gasteiger partial charge in [0.25, 0.3) is 7.82 Å². The summed E-state index contributed by atoms with van der Waals surface area (Å²) in [7, 11) is 1.35. The van der Waals surface area contributed by atoms with Crippen molar-refractivity contribution in [2.75, 3.05) is 54.1 Å². The van der Waals surface area contributed by atoms with Gasteiger partial charge in [0.15, 0.2) is 0 Å². The van der Waals surface area contributed by atoms with Crippen LogP contribution in [0, 0.1) is 0 Å². The van der Waals surface area contributed by atoms with Crippen LogP contribution in [0.25, 0.3) is 0 Å². The van der Waals surface area contributed by atoms with Crippen molar-refractivity contribution in [3.8, 4) is 0 Å². The Morgan fingerprint density at radius 1 is 0.750 bits per heavy atom. The van der Waals surface area contributed by atoms with Crippen molar-refractivity contribution in [1.29, 1.82) is 0 Å². The third kappa shape index (κ3) is 25.2. The number of esters is 1. The number of ether oxygens (including phenoxy) is 2. The normalized spacial score (nSPS) is 14.5. The number of carbonyl (C=O) groups is 1. The maximum Gasteiger partial charge on any atom is 0.306 e. The lowest BCUT2D eigenvalue weighted by atomic mass is 10.1. The zero-order chi connectivity index (χ0) is 27.1. The molecule has 2 unspecified atom stereocenters. The molecule has 0 amide bonds. The van der Waals surface area contributed by atoms with Crippen LogP contribution in [-0.4, -0.2) is 70.7 Å². The summed E-state index contributed by atoms with van der Waals surface area (Å²) in [5.74, 6) is -0.369. The first-order valence-corrected chi connectivity index (χ1v) is 15.7. The number of unbranched alkanes of at least 4 members (excludes halogenated alkanes) is 12. The van der Waals surface area contributed by atoms with Gasteiger partial charge in [-0.3, -0.25) is 9.36 Å². The third-order valence-electron chi connectivity index (χ3n) is 5.91. The average Bonchev–Trinajstić information content (AvgIpc) is 2.80. The molecule has 0 aromatic carbocycles. The van der Waals surface area contributed by atoms with E-state index in [0.29, 0.717) is 24.1 Å². The lowest BCUT2D eigenvalue weighted by molar-refractivity contribution is -0.870. The molecule has 0 aromatic heterocycles. The van der Waals surface area contributed by atoms with Gasteiger partial charge >= 0.3 is 5.97 Å². The molecule has 9 heteroatoms. The second-order valence-electron chi connectivity index (χ2n) is 10.8. The van der Waals surface area contributed by atoms with Crippen LogP contribution in [0.4, 0.5) is 0 Å². The number of hydrogen-bond acceptors (Lipinski definition) is 7. The van der Waals surface area contributed by atoms with Crippen molar-refractivity contribution < 1.29 is 37.3 Å². The van der Waals surface area contributed by atoms with Crippen molar-refractivity contribution in [1.82, 2.24) is 0 Å². The zero-order valence-corrected chi connectivity index (χ0v) is 24.9. The summed E-state index contributed by atoms with van der Waals surface area (Å²) >= 11 is 0. The molecule has 2 atom stereocenters. The monoisotopic (exact) mass is 537 g/mol. The lowest BCUT2D eigenvalue weighted by Crippen LogP contribution is -2.37. The molecule has 8 nitrogen and oxygen atoms in total. The van der Waals surface area contributed by atoms with Gasteiger partial charge in [0, 0.05) is 13.0 Å². The highest BCUT2D eigenvalue weighted by Crippen LogP contribution is 2.38. The molecule has 0 bridgehead atoms. The van der Waals surface area contributed by atoms with Gasteiger partial charge in [-0.25, -0.2) is 0 Å². The van der Waals surface area contributed by atoms with Crippen molar-refractivity contribution in [2.45, 2.75) is 116 Å². The van der Waals surface area contributed by atoms with Gasteiger partial charge in [0.1, 0.15) is 19.3 Å². The lowest BCUT2D eigenvalue weighted by Gasteiger charge is -2.28. The molecule has 36 heavy (non-hydrogen) atoms. The Hall–Kier alpha value is -0.500. The second-order valence-corrected chi connectivity index (χ2v) is 12.2. The van der Waals surface area contributed by atoms with Crippen LogP contribution < -0.4 is 4.89 Å². The maximum atomic E-state index is 12.1. The summed E-state index contributed by atoms with van der Waals surface area (Å²) in [6, 6.07) is 0. The number of nitrogens with zero attached hydrogens (tertiary/aromatic N) is 1. The molecule has 0 heterocycles. The first-order chi connectivity index (χ1) is 17.1. The van der Waals surface area contributed by atoms with Gasteiger partial charge in [0.2, 0.25) is 0 Å². The highest BCUT2D eigenvalue weighted by Gasteiger charge is 2.20. The van der Waals surface area contributed by atoms with Gasteiger partial charge in [0.05, 0.1) is 34.4 Å².